The Morgan fingerprint density at radius 3 is 2.53 bits per heavy atom. The summed E-state index contributed by atoms with van der Waals surface area (Å²) in [5.41, 5.74) is -0.158. The molecule has 0 aliphatic heterocycles. The predicted octanol–water partition coefficient (Wildman–Crippen LogP) is 1.98. The summed E-state index contributed by atoms with van der Waals surface area (Å²) in [5.74, 6) is 0.510. The SMILES string of the molecule is CC(C)(O)COc1ccc(CO)cc1Cl. The molecule has 1 aromatic carbocycles. The Kier molecular flexibility index (Phi) is 3.97. The van der Waals surface area contributed by atoms with E-state index in [1.54, 1.807) is 32.0 Å². The highest BCUT2D eigenvalue weighted by atomic mass is 35.5. The summed E-state index contributed by atoms with van der Waals surface area (Å²) >= 11 is 5.92. The molecule has 15 heavy (non-hydrogen) atoms. The van der Waals surface area contributed by atoms with Gasteiger partial charge in [-0.1, -0.05) is 17.7 Å². The van der Waals surface area contributed by atoms with Crippen molar-refractivity contribution in [3.8, 4) is 5.75 Å². The van der Waals surface area contributed by atoms with Crippen LogP contribution >= 0.6 is 11.6 Å². The number of aliphatic hydroxyl groups is 2. The summed E-state index contributed by atoms with van der Waals surface area (Å²) in [6.07, 6.45) is 0. The van der Waals surface area contributed by atoms with Crippen LogP contribution in [0.2, 0.25) is 5.02 Å². The van der Waals surface area contributed by atoms with Gasteiger partial charge in [-0.3, -0.25) is 0 Å². The Morgan fingerprint density at radius 1 is 1.40 bits per heavy atom. The number of rotatable bonds is 4. The van der Waals surface area contributed by atoms with E-state index in [1.807, 2.05) is 0 Å². The molecule has 1 aromatic rings. The van der Waals surface area contributed by atoms with Gasteiger partial charge in [0.1, 0.15) is 12.4 Å². The van der Waals surface area contributed by atoms with E-state index in [4.69, 9.17) is 21.4 Å². The maximum Gasteiger partial charge on any atom is 0.138 e. The van der Waals surface area contributed by atoms with Gasteiger partial charge >= 0.3 is 0 Å². The first kappa shape index (κ1) is 12.3. The number of benzene rings is 1. The minimum atomic E-state index is -0.890. The third kappa shape index (κ3) is 4.08. The van der Waals surface area contributed by atoms with Crippen LogP contribution in [0.4, 0.5) is 0 Å². The van der Waals surface area contributed by atoms with E-state index in [0.29, 0.717) is 10.8 Å². The van der Waals surface area contributed by atoms with E-state index >= 15 is 0 Å². The van der Waals surface area contributed by atoms with Crippen LogP contribution < -0.4 is 4.74 Å². The second kappa shape index (κ2) is 4.84. The average Bonchev–Trinajstić information content (AvgIpc) is 2.14. The molecule has 0 unspecified atom stereocenters. The lowest BCUT2D eigenvalue weighted by Gasteiger charge is -2.18. The van der Waals surface area contributed by atoms with Gasteiger partial charge in [-0.25, -0.2) is 0 Å². The third-order valence-electron chi connectivity index (χ3n) is 1.76. The van der Waals surface area contributed by atoms with E-state index in [1.165, 1.54) is 0 Å². The van der Waals surface area contributed by atoms with Crippen molar-refractivity contribution in [3.63, 3.8) is 0 Å². The highest BCUT2D eigenvalue weighted by molar-refractivity contribution is 6.32. The molecule has 0 bridgehead atoms. The van der Waals surface area contributed by atoms with Crippen molar-refractivity contribution in [2.24, 2.45) is 0 Å². The topological polar surface area (TPSA) is 49.7 Å². The van der Waals surface area contributed by atoms with Crippen LogP contribution in [0.1, 0.15) is 19.4 Å². The van der Waals surface area contributed by atoms with Crippen LogP contribution in [-0.2, 0) is 6.61 Å². The molecule has 0 fully saturated rings. The first-order chi connectivity index (χ1) is 6.92. The van der Waals surface area contributed by atoms with Gasteiger partial charge in [0.25, 0.3) is 0 Å². The van der Waals surface area contributed by atoms with Crippen molar-refractivity contribution in [2.45, 2.75) is 26.1 Å². The lowest BCUT2D eigenvalue weighted by molar-refractivity contribution is 0.0285. The van der Waals surface area contributed by atoms with Crippen LogP contribution in [0.25, 0.3) is 0 Å². The minimum Gasteiger partial charge on any atom is -0.489 e. The molecule has 1 rings (SSSR count). The van der Waals surface area contributed by atoms with Crippen LogP contribution in [-0.4, -0.2) is 22.4 Å². The predicted molar refractivity (Wildman–Crippen MR) is 59.2 cm³/mol. The van der Waals surface area contributed by atoms with Crippen LogP contribution in [0.5, 0.6) is 5.75 Å². The van der Waals surface area contributed by atoms with E-state index in [9.17, 15) is 5.11 Å². The molecule has 0 amide bonds. The molecule has 0 aromatic heterocycles. The van der Waals surface area contributed by atoms with Crippen molar-refractivity contribution in [1.29, 1.82) is 0 Å². The highest BCUT2D eigenvalue weighted by Gasteiger charge is 2.14. The van der Waals surface area contributed by atoms with Crippen LogP contribution in [0.3, 0.4) is 0 Å². The van der Waals surface area contributed by atoms with Crippen molar-refractivity contribution in [2.75, 3.05) is 6.61 Å². The molecule has 0 saturated heterocycles. The highest BCUT2D eigenvalue weighted by Crippen LogP contribution is 2.26. The molecular formula is C11H15ClO3. The molecule has 0 saturated carbocycles. The first-order valence-electron chi connectivity index (χ1n) is 4.67. The van der Waals surface area contributed by atoms with Crippen LogP contribution in [0, 0.1) is 0 Å². The van der Waals surface area contributed by atoms with Crippen molar-refractivity contribution < 1.29 is 14.9 Å². The summed E-state index contributed by atoms with van der Waals surface area (Å²) in [6, 6.07) is 5.05. The minimum absolute atomic E-state index is 0.0501. The largest absolute Gasteiger partial charge is 0.489 e. The number of ether oxygens (including phenoxy) is 1. The standard InChI is InChI=1S/C11H15ClO3/c1-11(2,14)7-15-10-4-3-8(6-13)5-9(10)12/h3-5,13-14H,6-7H2,1-2H3. The monoisotopic (exact) mass is 230 g/mol. The average molecular weight is 231 g/mol. The van der Waals surface area contributed by atoms with Gasteiger partial charge in [0.15, 0.2) is 0 Å². The van der Waals surface area contributed by atoms with Gasteiger partial charge < -0.3 is 14.9 Å². The van der Waals surface area contributed by atoms with Gasteiger partial charge in [0.2, 0.25) is 0 Å². The van der Waals surface area contributed by atoms with Crippen molar-refractivity contribution in [1.82, 2.24) is 0 Å². The van der Waals surface area contributed by atoms with Gasteiger partial charge in [0, 0.05) is 0 Å². The van der Waals surface area contributed by atoms with E-state index < -0.39 is 5.60 Å². The third-order valence-corrected chi connectivity index (χ3v) is 2.06. The number of halogens is 1. The summed E-state index contributed by atoms with van der Waals surface area (Å²) < 4.78 is 5.34. The zero-order valence-electron chi connectivity index (χ0n) is 8.83. The van der Waals surface area contributed by atoms with Crippen molar-refractivity contribution >= 4 is 11.6 Å². The molecule has 4 heteroatoms. The Labute approximate surface area is 94.3 Å². The number of hydrogen-bond acceptors (Lipinski definition) is 3. The molecule has 0 radical (unpaired) electrons. The normalized spacial score (nSPS) is 11.5. The van der Waals surface area contributed by atoms with E-state index in [-0.39, 0.29) is 13.2 Å². The van der Waals surface area contributed by atoms with Gasteiger partial charge in [-0.05, 0) is 31.5 Å². The lowest BCUT2D eigenvalue weighted by atomic mass is 10.1. The summed E-state index contributed by atoms with van der Waals surface area (Å²) in [4.78, 5) is 0. The Bertz CT molecular complexity index is 331. The van der Waals surface area contributed by atoms with E-state index in [2.05, 4.69) is 0 Å². The van der Waals surface area contributed by atoms with Gasteiger partial charge in [0.05, 0.1) is 17.2 Å². The maximum atomic E-state index is 9.46. The molecule has 2 N–H and O–H groups in total. The fraction of sp³-hybridized carbons (Fsp3) is 0.455. The summed E-state index contributed by atoms with van der Waals surface area (Å²) in [6.45, 7) is 3.43. The maximum absolute atomic E-state index is 9.46. The summed E-state index contributed by atoms with van der Waals surface area (Å²) in [5, 5.41) is 18.8. The number of aliphatic hydroxyl groups excluding tert-OH is 1. The zero-order chi connectivity index (χ0) is 11.5. The second-order valence-electron chi connectivity index (χ2n) is 4.02. The van der Waals surface area contributed by atoms with E-state index in [0.717, 1.165) is 5.56 Å². The first-order valence-corrected chi connectivity index (χ1v) is 5.04. The smallest absolute Gasteiger partial charge is 0.138 e. The lowest BCUT2D eigenvalue weighted by Crippen LogP contribution is -2.27. The van der Waals surface area contributed by atoms with Crippen molar-refractivity contribution in [3.05, 3.63) is 28.8 Å². The fourth-order valence-corrected chi connectivity index (χ4v) is 1.27. The second-order valence-corrected chi connectivity index (χ2v) is 4.43. The quantitative estimate of drug-likeness (QED) is 0.832. The molecule has 0 heterocycles. The Balaban J connectivity index is 2.70. The fourth-order valence-electron chi connectivity index (χ4n) is 1.01. The molecule has 0 aliphatic rings. The summed E-state index contributed by atoms with van der Waals surface area (Å²) in [7, 11) is 0. The zero-order valence-corrected chi connectivity index (χ0v) is 9.58. The number of hydrogen-bond donors (Lipinski definition) is 2. The Morgan fingerprint density at radius 2 is 2.07 bits per heavy atom. The molecule has 0 atom stereocenters. The van der Waals surface area contributed by atoms with Gasteiger partial charge in [-0.15, -0.1) is 0 Å². The Hall–Kier alpha value is -0.770. The molecule has 0 spiro atoms. The molecular weight excluding hydrogens is 216 g/mol. The molecule has 84 valence electrons. The van der Waals surface area contributed by atoms with Crippen LogP contribution in [0.15, 0.2) is 18.2 Å². The molecule has 3 nitrogen and oxygen atoms in total. The molecule has 0 aliphatic carbocycles. The van der Waals surface area contributed by atoms with Gasteiger partial charge in [-0.2, -0.15) is 0 Å².